The van der Waals surface area contributed by atoms with Gasteiger partial charge in [0.15, 0.2) is 0 Å². The Morgan fingerprint density at radius 1 is 1.00 bits per heavy atom. The van der Waals surface area contributed by atoms with Gasteiger partial charge < -0.3 is 5.11 Å². The van der Waals surface area contributed by atoms with Gasteiger partial charge in [0.1, 0.15) is 0 Å². The molecule has 0 amide bonds. The highest BCUT2D eigenvalue weighted by atomic mass is 16.4. The lowest BCUT2D eigenvalue weighted by molar-refractivity contribution is -0.137. The lowest BCUT2D eigenvalue weighted by Crippen LogP contribution is -2.25. The van der Waals surface area contributed by atoms with Crippen LogP contribution in [0.15, 0.2) is 48.5 Å². The van der Waals surface area contributed by atoms with Gasteiger partial charge >= 0.3 is 5.97 Å². The minimum absolute atomic E-state index is 0.168. The molecule has 0 aromatic heterocycles. The zero-order chi connectivity index (χ0) is 18.1. The van der Waals surface area contributed by atoms with Gasteiger partial charge in [0.05, 0.1) is 6.42 Å². The third-order valence-corrected chi connectivity index (χ3v) is 4.35. The van der Waals surface area contributed by atoms with Crippen molar-refractivity contribution >= 4 is 5.97 Å². The number of hydrogen-bond donors (Lipinski definition) is 1. The number of benzene rings is 2. The number of aliphatic carboxylic acids is 1. The van der Waals surface area contributed by atoms with Gasteiger partial charge in [0, 0.05) is 19.6 Å². The molecule has 3 heteroatoms. The van der Waals surface area contributed by atoms with E-state index >= 15 is 0 Å². The van der Waals surface area contributed by atoms with Crippen molar-refractivity contribution in [2.45, 2.75) is 52.6 Å². The molecule has 1 N–H and O–H groups in total. The predicted octanol–water partition coefficient (Wildman–Crippen LogP) is 4.81. The summed E-state index contributed by atoms with van der Waals surface area (Å²) in [5.41, 5.74) is 5.09. The minimum Gasteiger partial charge on any atom is -0.481 e. The smallest absolute Gasteiger partial charge is 0.304 e. The highest BCUT2D eigenvalue weighted by molar-refractivity contribution is 5.66. The van der Waals surface area contributed by atoms with Crippen molar-refractivity contribution in [2.24, 2.45) is 0 Å². The number of carboxylic acids is 1. The molecule has 2 rings (SSSR count). The fourth-order valence-electron chi connectivity index (χ4n) is 3.06. The molecule has 0 fully saturated rings. The van der Waals surface area contributed by atoms with E-state index in [-0.39, 0.29) is 6.42 Å². The summed E-state index contributed by atoms with van der Waals surface area (Å²) in [5, 5.41) is 9.05. The second kappa shape index (κ2) is 10.00. The second-order valence-corrected chi connectivity index (χ2v) is 6.77. The van der Waals surface area contributed by atoms with Crippen molar-refractivity contribution < 1.29 is 9.90 Å². The molecule has 0 aliphatic carbocycles. The first kappa shape index (κ1) is 19.2. The number of aryl methyl sites for hydroxylation is 2. The first-order valence-corrected chi connectivity index (χ1v) is 9.14. The maximum Gasteiger partial charge on any atom is 0.304 e. The van der Waals surface area contributed by atoms with Crippen LogP contribution in [-0.2, 0) is 24.3 Å². The van der Waals surface area contributed by atoms with Gasteiger partial charge in [0.2, 0.25) is 0 Å². The lowest BCUT2D eigenvalue weighted by Gasteiger charge is -2.22. The van der Waals surface area contributed by atoms with Crippen LogP contribution in [0, 0.1) is 6.92 Å². The van der Waals surface area contributed by atoms with Crippen LogP contribution in [0.5, 0.6) is 0 Å². The predicted molar refractivity (Wildman–Crippen MR) is 103 cm³/mol. The average Bonchev–Trinajstić information content (AvgIpc) is 2.58. The van der Waals surface area contributed by atoms with E-state index in [0.717, 1.165) is 19.5 Å². The Morgan fingerprint density at radius 3 is 2.28 bits per heavy atom. The minimum atomic E-state index is -0.745. The van der Waals surface area contributed by atoms with Gasteiger partial charge in [0.25, 0.3) is 0 Å². The fourth-order valence-corrected chi connectivity index (χ4v) is 3.06. The largest absolute Gasteiger partial charge is 0.481 e. The first-order chi connectivity index (χ1) is 12.1. The van der Waals surface area contributed by atoms with Crippen LogP contribution >= 0.6 is 0 Å². The molecule has 0 radical (unpaired) electrons. The van der Waals surface area contributed by atoms with E-state index in [4.69, 9.17) is 5.11 Å². The van der Waals surface area contributed by atoms with E-state index < -0.39 is 5.97 Å². The Hall–Kier alpha value is -2.13. The van der Waals surface area contributed by atoms with Gasteiger partial charge in [-0.2, -0.15) is 0 Å². The standard InChI is InChI=1S/C22H29NO2/c1-3-4-8-19-9-6-11-21(15-19)17-23(13-12-22(24)25)16-20-10-5-7-18(2)14-20/h5-7,9-11,14-15H,3-4,8,12-13,16-17H2,1-2H3,(H,24,25). The summed E-state index contributed by atoms with van der Waals surface area (Å²) >= 11 is 0. The third-order valence-electron chi connectivity index (χ3n) is 4.35. The van der Waals surface area contributed by atoms with Gasteiger partial charge in [-0.05, 0) is 36.5 Å². The molecule has 0 atom stereocenters. The molecular weight excluding hydrogens is 310 g/mol. The molecule has 134 valence electrons. The Bertz CT molecular complexity index is 681. The molecule has 0 aliphatic heterocycles. The second-order valence-electron chi connectivity index (χ2n) is 6.77. The van der Waals surface area contributed by atoms with Crippen LogP contribution in [0.2, 0.25) is 0 Å². The summed E-state index contributed by atoms with van der Waals surface area (Å²) in [6, 6.07) is 17.1. The summed E-state index contributed by atoms with van der Waals surface area (Å²) in [6.45, 7) is 6.40. The molecule has 0 aliphatic rings. The zero-order valence-electron chi connectivity index (χ0n) is 15.4. The Labute approximate surface area is 151 Å². The van der Waals surface area contributed by atoms with Crippen LogP contribution in [-0.4, -0.2) is 22.5 Å². The van der Waals surface area contributed by atoms with Gasteiger partial charge in [-0.1, -0.05) is 67.4 Å². The van der Waals surface area contributed by atoms with Crippen molar-refractivity contribution in [3.8, 4) is 0 Å². The normalized spacial score (nSPS) is 11.0. The van der Waals surface area contributed by atoms with Gasteiger partial charge in [-0.25, -0.2) is 0 Å². The highest BCUT2D eigenvalue weighted by Gasteiger charge is 2.10. The maximum absolute atomic E-state index is 11.0. The van der Waals surface area contributed by atoms with E-state index in [9.17, 15) is 4.79 Å². The van der Waals surface area contributed by atoms with E-state index in [1.807, 2.05) is 0 Å². The van der Waals surface area contributed by atoms with Crippen LogP contribution < -0.4 is 0 Å². The van der Waals surface area contributed by atoms with E-state index in [0.29, 0.717) is 6.54 Å². The topological polar surface area (TPSA) is 40.5 Å². The van der Waals surface area contributed by atoms with Crippen molar-refractivity contribution in [1.29, 1.82) is 0 Å². The monoisotopic (exact) mass is 339 g/mol. The van der Waals surface area contributed by atoms with Crippen molar-refractivity contribution in [3.63, 3.8) is 0 Å². The van der Waals surface area contributed by atoms with Crippen LogP contribution in [0.1, 0.15) is 48.4 Å². The summed E-state index contributed by atoms with van der Waals surface area (Å²) in [5.74, 6) is -0.745. The zero-order valence-corrected chi connectivity index (χ0v) is 15.4. The van der Waals surface area contributed by atoms with Crippen LogP contribution in [0.4, 0.5) is 0 Å². The molecule has 0 spiro atoms. The van der Waals surface area contributed by atoms with Crippen molar-refractivity contribution in [3.05, 3.63) is 70.8 Å². The summed E-state index contributed by atoms with van der Waals surface area (Å²) in [7, 11) is 0. The molecule has 0 saturated carbocycles. The number of rotatable bonds is 10. The third kappa shape index (κ3) is 7.10. The van der Waals surface area contributed by atoms with E-state index in [1.54, 1.807) is 0 Å². The molecule has 0 unspecified atom stereocenters. The van der Waals surface area contributed by atoms with Gasteiger partial charge in [-0.3, -0.25) is 9.69 Å². The summed E-state index contributed by atoms with van der Waals surface area (Å²) in [4.78, 5) is 13.2. The Balaban J connectivity index is 2.08. The van der Waals surface area contributed by atoms with Crippen molar-refractivity contribution in [1.82, 2.24) is 4.90 Å². The Morgan fingerprint density at radius 2 is 1.64 bits per heavy atom. The number of carbonyl (C=O) groups is 1. The molecule has 0 saturated heterocycles. The van der Waals surface area contributed by atoms with E-state index in [2.05, 4.69) is 67.3 Å². The van der Waals surface area contributed by atoms with Crippen molar-refractivity contribution in [2.75, 3.05) is 6.54 Å². The van der Waals surface area contributed by atoms with E-state index in [1.165, 1.54) is 35.1 Å². The number of hydrogen-bond acceptors (Lipinski definition) is 2. The highest BCUT2D eigenvalue weighted by Crippen LogP contribution is 2.14. The molecule has 2 aromatic rings. The SMILES string of the molecule is CCCCc1cccc(CN(CCC(=O)O)Cc2cccc(C)c2)c1. The Kier molecular flexibility index (Phi) is 7.68. The van der Waals surface area contributed by atoms with Crippen LogP contribution in [0.25, 0.3) is 0 Å². The van der Waals surface area contributed by atoms with Crippen LogP contribution in [0.3, 0.4) is 0 Å². The fraction of sp³-hybridized carbons (Fsp3) is 0.409. The molecular formula is C22H29NO2. The first-order valence-electron chi connectivity index (χ1n) is 9.14. The molecule has 25 heavy (non-hydrogen) atoms. The number of nitrogens with zero attached hydrogens (tertiary/aromatic N) is 1. The molecule has 0 heterocycles. The quantitative estimate of drug-likeness (QED) is 0.675. The lowest BCUT2D eigenvalue weighted by atomic mass is 10.0. The molecule has 2 aromatic carbocycles. The summed E-state index contributed by atoms with van der Waals surface area (Å²) < 4.78 is 0. The van der Waals surface area contributed by atoms with Gasteiger partial charge in [-0.15, -0.1) is 0 Å². The number of carboxylic acid groups (broad SMARTS) is 1. The molecule has 0 bridgehead atoms. The molecule has 3 nitrogen and oxygen atoms in total. The average molecular weight is 339 g/mol. The summed E-state index contributed by atoms with van der Waals surface area (Å²) in [6.07, 6.45) is 3.68. The number of unbranched alkanes of at least 4 members (excludes halogenated alkanes) is 1. The maximum atomic E-state index is 11.0.